The third-order valence-electron chi connectivity index (χ3n) is 3.19. The van der Waals surface area contributed by atoms with Gasteiger partial charge < -0.3 is 10.2 Å². The third kappa shape index (κ3) is 3.58. The average Bonchev–Trinajstić information content (AvgIpc) is 2.38. The molecule has 3 nitrogen and oxygen atoms in total. The smallest absolute Gasteiger partial charge is 0.104 e. The van der Waals surface area contributed by atoms with Gasteiger partial charge in [-0.3, -0.25) is 4.90 Å². The monoisotopic (exact) mass is 245 g/mol. The summed E-state index contributed by atoms with van der Waals surface area (Å²) in [6.07, 6.45) is 1.75. The summed E-state index contributed by atoms with van der Waals surface area (Å²) < 4.78 is 0. The van der Waals surface area contributed by atoms with Crippen LogP contribution in [0.1, 0.15) is 24.0 Å². The van der Waals surface area contributed by atoms with Crippen molar-refractivity contribution in [2.75, 3.05) is 19.7 Å². The average molecular weight is 245 g/mol. The molecule has 1 saturated heterocycles. The second-order valence-electron chi connectivity index (χ2n) is 4.65. The summed E-state index contributed by atoms with van der Waals surface area (Å²) in [5.74, 6) is 5.66. The zero-order valence-corrected chi connectivity index (χ0v) is 10.5. The lowest BCUT2D eigenvalue weighted by Gasteiger charge is -2.30. The van der Waals surface area contributed by atoms with E-state index in [0.717, 1.165) is 43.6 Å². The molecule has 96 valence electrons. The number of nitrogens with zero attached hydrogens (tertiary/aromatic N) is 1. The minimum Gasteiger partial charge on any atom is -0.392 e. The molecule has 0 amide bonds. The first-order valence-corrected chi connectivity index (χ1v) is 6.37. The van der Waals surface area contributed by atoms with Gasteiger partial charge in [0.1, 0.15) is 6.61 Å². The number of hydrogen-bond acceptors (Lipinski definition) is 3. The first-order chi connectivity index (χ1) is 8.79. The Morgan fingerprint density at radius 1 is 1.33 bits per heavy atom. The van der Waals surface area contributed by atoms with E-state index in [9.17, 15) is 5.11 Å². The molecular formula is C15H19NO2. The topological polar surface area (TPSA) is 43.7 Å². The molecule has 1 atom stereocenters. The molecule has 1 unspecified atom stereocenters. The van der Waals surface area contributed by atoms with Crippen molar-refractivity contribution in [3.63, 3.8) is 0 Å². The Morgan fingerprint density at radius 2 is 2.17 bits per heavy atom. The maximum absolute atomic E-state index is 9.67. The number of rotatable bonds is 2. The molecule has 1 aromatic carbocycles. The summed E-state index contributed by atoms with van der Waals surface area (Å²) in [4.78, 5) is 2.26. The molecule has 3 heteroatoms. The molecule has 0 spiro atoms. The molecule has 2 N–H and O–H groups in total. The van der Waals surface area contributed by atoms with E-state index in [1.807, 2.05) is 18.2 Å². The van der Waals surface area contributed by atoms with Gasteiger partial charge in [0.05, 0.1) is 6.10 Å². The van der Waals surface area contributed by atoms with Crippen molar-refractivity contribution in [1.29, 1.82) is 0 Å². The molecule has 0 aromatic heterocycles. The highest BCUT2D eigenvalue weighted by Crippen LogP contribution is 2.15. The van der Waals surface area contributed by atoms with Crippen molar-refractivity contribution in [1.82, 2.24) is 4.90 Å². The summed E-state index contributed by atoms with van der Waals surface area (Å²) in [5.41, 5.74) is 2.12. The van der Waals surface area contributed by atoms with Crippen LogP contribution >= 0.6 is 0 Å². The summed E-state index contributed by atoms with van der Waals surface area (Å²) in [6.45, 7) is 2.46. The zero-order chi connectivity index (χ0) is 12.8. The van der Waals surface area contributed by atoms with Crippen molar-refractivity contribution >= 4 is 0 Å². The predicted molar refractivity (Wildman–Crippen MR) is 70.9 cm³/mol. The van der Waals surface area contributed by atoms with Crippen LogP contribution in [0.5, 0.6) is 0 Å². The Balaban J connectivity index is 2.08. The molecule has 1 heterocycles. The van der Waals surface area contributed by atoms with Gasteiger partial charge in [-0.2, -0.15) is 0 Å². The second kappa shape index (κ2) is 6.55. The fourth-order valence-corrected chi connectivity index (χ4v) is 2.33. The van der Waals surface area contributed by atoms with Crippen LogP contribution < -0.4 is 0 Å². The minimum absolute atomic E-state index is 0.114. The van der Waals surface area contributed by atoms with E-state index in [0.29, 0.717) is 0 Å². The molecule has 18 heavy (non-hydrogen) atoms. The summed E-state index contributed by atoms with van der Waals surface area (Å²) in [7, 11) is 0. The molecule has 0 radical (unpaired) electrons. The van der Waals surface area contributed by atoms with Crippen LogP contribution in [0.3, 0.4) is 0 Å². The van der Waals surface area contributed by atoms with Gasteiger partial charge in [-0.25, -0.2) is 0 Å². The Kier molecular flexibility index (Phi) is 4.77. The predicted octanol–water partition coefficient (Wildman–Crippen LogP) is 0.987. The Hall–Kier alpha value is -1.34. The zero-order valence-electron chi connectivity index (χ0n) is 10.5. The number of aliphatic hydroxyl groups excluding tert-OH is 2. The normalized spacial score (nSPS) is 20.2. The van der Waals surface area contributed by atoms with Crippen LogP contribution in [0.4, 0.5) is 0 Å². The van der Waals surface area contributed by atoms with E-state index in [2.05, 4.69) is 22.8 Å². The standard InChI is InChI=1S/C15H19NO2/c17-10-4-7-13-5-1-2-6-14(13)11-16-9-3-8-15(18)12-16/h1-2,5-6,15,17-18H,3,8-12H2. The molecular weight excluding hydrogens is 226 g/mol. The minimum atomic E-state index is -0.200. The fraction of sp³-hybridized carbons (Fsp3) is 0.467. The van der Waals surface area contributed by atoms with Gasteiger partial charge in [0.25, 0.3) is 0 Å². The van der Waals surface area contributed by atoms with Gasteiger partial charge in [-0.15, -0.1) is 0 Å². The lowest BCUT2D eigenvalue weighted by atomic mass is 10.0. The Morgan fingerprint density at radius 3 is 2.94 bits per heavy atom. The highest BCUT2D eigenvalue weighted by atomic mass is 16.3. The molecule has 1 aromatic rings. The van der Waals surface area contributed by atoms with Crippen LogP contribution in [-0.4, -0.2) is 40.9 Å². The second-order valence-corrected chi connectivity index (χ2v) is 4.65. The number of aliphatic hydroxyl groups is 2. The van der Waals surface area contributed by atoms with Gasteiger partial charge in [0.15, 0.2) is 0 Å². The summed E-state index contributed by atoms with van der Waals surface area (Å²) in [6, 6.07) is 7.98. The van der Waals surface area contributed by atoms with Crippen molar-refractivity contribution in [3.8, 4) is 11.8 Å². The van der Waals surface area contributed by atoms with Crippen LogP contribution in [0.2, 0.25) is 0 Å². The summed E-state index contributed by atoms with van der Waals surface area (Å²) >= 11 is 0. The van der Waals surface area contributed by atoms with Crippen molar-refractivity contribution in [3.05, 3.63) is 35.4 Å². The van der Waals surface area contributed by atoms with Gasteiger partial charge in [0, 0.05) is 18.7 Å². The van der Waals surface area contributed by atoms with E-state index in [1.54, 1.807) is 0 Å². The maximum atomic E-state index is 9.67. The van der Waals surface area contributed by atoms with E-state index < -0.39 is 0 Å². The van der Waals surface area contributed by atoms with E-state index >= 15 is 0 Å². The SMILES string of the molecule is OCC#Cc1ccccc1CN1CCCC(O)C1. The fourth-order valence-electron chi connectivity index (χ4n) is 2.33. The molecule has 1 aliphatic heterocycles. The molecule has 0 aliphatic carbocycles. The Bertz CT molecular complexity index is 447. The van der Waals surface area contributed by atoms with Gasteiger partial charge in [-0.05, 0) is 31.0 Å². The highest BCUT2D eigenvalue weighted by molar-refractivity contribution is 5.41. The van der Waals surface area contributed by atoms with Crippen LogP contribution in [0.15, 0.2) is 24.3 Å². The Labute approximate surface area is 108 Å². The quantitative estimate of drug-likeness (QED) is 0.764. The molecule has 0 saturated carbocycles. The molecule has 2 rings (SSSR count). The highest BCUT2D eigenvalue weighted by Gasteiger charge is 2.18. The van der Waals surface area contributed by atoms with Crippen molar-refractivity contribution < 1.29 is 10.2 Å². The maximum Gasteiger partial charge on any atom is 0.104 e. The third-order valence-corrected chi connectivity index (χ3v) is 3.19. The lowest BCUT2D eigenvalue weighted by Crippen LogP contribution is -2.37. The van der Waals surface area contributed by atoms with Gasteiger partial charge >= 0.3 is 0 Å². The first kappa shape index (κ1) is 13.1. The number of benzene rings is 1. The van der Waals surface area contributed by atoms with Crippen molar-refractivity contribution in [2.24, 2.45) is 0 Å². The number of hydrogen-bond donors (Lipinski definition) is 2. The van der Waals surface area contributed by atoms with Crippen LogP contribution in [-0.2, 0) is 6.54 Å². The van der Waals surface area contributed by atoms with Crippen LogP contribution in [0.25, 0.3) is 0 Å². The van der Waals surface area contributed by atoms with Crippen molar-refractivity contribution in [2.45, 2.75) is 25.5 Å². The number of β-amino-alcohol motifs (C(OH)–C–C–N with tert-alkyl or cyclic N) is 1. The van der Waals surface area contributed by atoms with E-state index in [-0.39, 0.29) is 12.7 Å². The van der Waals surface area contributed by atoms with E-state index in [1.165, 1.54) is 0 Å². The van der Waals surface area contributed by atoms with Gasteiger partial charge in [-0.1, -0.05) is 30.0 Å². The molecule has 0 bridgehead atoms. The number of piperidine rings is 1. The largest absolute Gasteiger partial charge is 0.392 e. The lowest BCUT2D eigenvalue weighted by molar-refractivity contribution is 0.0668. The van der Waals surface area contributed by atoms with E-state index in [4.69, 9.17) is 5.11 Å². The number of likely N-dealkylation sites (tertiary alicyclic amines) is 1. The molecule has 1 fully saturated rings. The van der Waals surface area contributed by atoms with Gasteiger partial charge in [0.2, 0.25) is 0 Å². The summed E-state index contributed by atoms with van der Waals surface area (Å²) in [5, 5.41) is 18.4. The first-order valence-electron chi connectivity index (χ1n) is 6.37. The van der Waals surface area contributed by atoms with Crippen LogP contribution in [0, 0.1) is 11.8 Å². The molecule has 1 aliphatic rings.